The minimum atomic E-state index is -0.782. The summed E-state index contributed by atoms with van der Waals surface area (Å²) in [6.07, 6.45) is 0. The van der Waals surface area contributed by atoms with E-state index in [-0.39, 0.29) is 11.4 Å². The van der Waals surface area contributed by atoms with Crippen molar-refractivity contribution < 1.29 is 14.5 Å². The highest BCUT2D eigenvalue weighted by atomic mass is 16.6. The largest absolute Gasteiger partial charge is 0.332 e. The first-order valence-electron chi connectivity index (χ1n) is 6.55. The highest BCUT2D eigenvalue weighted by Gasteiger charge is 2.23. The number of rotatable bonds is 2. The molecule has 2 N–H and O–H groups in total. The van der Waals surface area contributed by atoms with E-state index in [4.69, 9.17) is 0 Å². The van der Waals surface area contributed by atoms with Gasteiger partial charge in [-0.1, -0.05) is 6.07 Å². The van der Waals surface area contributed by atoms with Gasteiger partial charge in [0.25, 0.3) is 5.69 Å². The van der Waals surface area contributed by atoms with Crippen molar-refractivity contribution in [1.29, 1.82) is 0 Å². The second-order valence-corrected chi connectivity index (χ2v) is 4.75. The number of carbonyl (C=O) groups is 2. The number of benzene rings is 1. The van der Waals surface area contributed by atoms with Crippen LogP contribution in [0.4, 0.5) is 11.4 Å². The Balaban J connectivity index is 2.07. The zero-order valence-electron chi connectivity index (χ0n) is 11.6. The Morgan fingerprint density at radius 2 is 2.00 bits per heavy atom. The van der Waals surface area contributed by atoms with Crippen LogP contribution < -0.4 is 10.6 Å². The molecule has 21 heavy (non-hydrogen) atoms. The summed E-state index contributed by atoms with van der Waals surface area (Å²) in [7, 11) is 0. The summed E-state index contributed by atoms with van der Waals surface area (Å²) in [6, 6.07) is 4.31. The minimum absolute atomic E-state index is 0.0950. The summed E-state index contributed by atoms with van der Waals surface area (Å²) < 4.78 is 0. The summed E-state index contributed by atoms with van der Waals surface area (Å²) in [5, 5.41) is 16.3. The Hall–Kier alpha value is -2.48. The lowest BCUT2D eigenvalue weighted by Crippen LogP contribution is -2.49. The van der Waals surface area contributed by atoms with Crippen molar-refractivity contribution in [2.75, 3.05) is 31.5 Å². The molecule has 0 saturated carbocycles. The van der Waals surface area contributed by atoms with Gasteiger partial charge in [0.15, 0.2) is 0 Å². The van der Waals surface area contributed by atoms with Crippen molar-refractivity contribution in [2.24, 2.45) is 0 Å². The summed E-state index contributed by atoms with van der Waals surface area (Å²) in [5.41, 5.74) is 0.634. The Morgan fingerprint density at radius 3 is 2.62 bits per heavy atom. The van der Waals surface area contributed by atoms with E-state index >= 15 is 0 Å². The fourth-order valence-electron chi connectivity index (χ4n) is 2.08. The van der Waals surface area contributed by atoms with Crippen LogP contribution in [-0.2, 0) is 9.59 Å². The number of nitrogens with one attached hydrogen (secondary N) is 2. The Labute approximate surface area is 121 Å². The number of nitrogens with zero attached hydrogens (tertiary/aromatic N) is 2. The molecule has 1 aromatic carbocycles. The maximum Gasteiger partial charge on any atom is 0.313 e. The molecule has 1 aromatic rings. The molecule has 8 nitrogen and oxygen atoms in total. The summed E-state index contributed by atoms with van der Waals surface area (Å²) in [5.74, 6) is -1.41. The number of amides is 2. The average molecular weight is 292 g/mol. The Morgan fingerprint density at radius 1 is 1.33 bits per heavy atom. The lowest BCUT2D eigenvalue weighted by molar-refractivity contribution is -0.385. The van der Waals surface area contributed by atoms with E-state index in [0.29, 0.717) is 31.7 Å². The normalized spacial score (nSPS) is 14.6. The number of hydrogen-bond acceptors (Lipinski definition) is 5. The van der Waals surface area contributed by atoms with Crippen molar-refractivity contribution in [3.63, 3.8) is 0 Å². The number of aryl methyl sites for hydroxylation is 1. The van der Waals surface area contributed by atoms with Crippen LogP contribution in [0.25, 0.3) is 0 Å². The van der Waals surface area contributed by atoms with Crippen LogP contribution in [-0.4, -0.2) is 47.8 Å². The smallest absolute Gasteiger partial charge is 0.313 e. The molecule has 8 heteroatoms. The second kappa shape index (κ2) is 6.31. The Bertz CT molecular complexity index is 582. The number of hydrogen-bond donors (Lipinski definition) is 2. The molecule has 1 aliphatic heterocycles. The van der Waals surface area contributed by atoms with Crippen molar-refractivity contribution >= 4 is 23.2 Å². The van der Waals surface area contributed by atoms with Gasteiger partial charge in [-0.2, -0.15) is 0 Å². The van der Waals surface area contributed by atoms with Crippen molar-refractivity contribution in [3.8, 4) is 0 Å². The predicted molar refractivity (Wildman–Crippen MR) is 75.9 cm³/mol. The predicted octanol–water partition coefficient (Wildman–Crippen LogP) is 0.274. The van der Waals surface area contributed by atoms with Gasteiger partial charge in [0.05, 0.1) is 4.92 Å². The van der Waals surface area contributed by atoms with Crippen molar-refractivity contribution in [1.82, 2.24) is 10.2 Å². The lowest BCUT2D eigenvalue weighted by atomic mass is 10.2. The van der Waals surface area contributed by atoms with Crippen LogP contribution in [0.2, 0.25) is 0 Å². The maximum atomic E-state index is 11.9. The van der Waals surface area contributed by atoms with E-state index < -0.39 is 16.7 Å². The van der Waals surface area contributed by atoms with Gasteiger partial charge >= 0.3 is 11.8 Å². The van der Waals surface area contributed by atoms with Gasteiger partial charge in [0.1, 0.15) is 0 Å². The van der Waals surface area contributed by atoms with Gasteiger partial charge in [-0.05, 0) is 13.0 Å². The molecule has 1 fully saturated rings. The highest BCUT2D eigenvalue weighted by Crippen LogP contribution is 2.22. The molecule has 0 aromatic heterocycles. The Kier molecular flexibility index (Phi) is 4.49. The van der Waals surface area contributed by atoms with Gasteiger partial charge in [-0.15, -0.1) is 0 Å². The van der Waals surface area contributed by atoms with E-state index in [1.54, 1.807) is 6.92 Å². The molecule has 0 bridgehead atoms. The first-order chi connectivity index (χ1) is 9.99. The maximum absolute atomic E-state index is 11.9. The molecular formula is C13H16N4O4. The van der Waals surface area contributed by atoms with Crippen LogP contribution in [0, 0.1) is 17.0 Å². The van der Waals surface area contributed by atoms with E-state index in [1.165, 1.54) is 23.1 Å². The minimum Gasteiger partial charge on any atom is -0.332 e. The first-order valence-corrected chi connectivity index (χ1v) is 6.55. The fraction of sp³-hybridized carbons (Fsp3) is 0.385. The third kappa shape index (κ3) is 3.54. The van der Waals surface area contributed by atoms with Gasteiger partial charge in [-0.3, -0.25) is 19.7 Å². The number of nitro groups is 1. The number of nitro benzene ring substituents is 1. The molecule has 1 saturated heterocycles. The lowest BCUT2D eigenvalue weighted by Gasteiger charge is -2.26. The fourth-order valence-corrected chi connectivity index (χ4v) is 2.08. The van der Waals surface area contributed by atoms with E-state index in [0.717, 1.165) is 0 Å². The van der Waals surface area contributed by atoms with Crippen LogP contribution >= 0.6 is 0 Å². The molecule has 0 aliphatic carbocycles. The van der Waals surface area contributed by atoms with Gasteiger partial charge in [0, 0.05) is 43.5 Å². The molecule has 1 heterocycles. The highest BCUT2D eigenvalue weighted by molar-refractivity contribution is 6.39. The van der Waals surface area contributed by atoms with Crippen LogP contribution in [0.5, 0.6) is 0 Å². The van der Waals surface area contributed by atoms with E-state index in [2.05, 4.69) is 10.6 Å². The topological polar surface area (TPSA) is 105 Å². The molecule has 0 unspecified atom stereocenters. The van der Waals surface area contributed by atoms with Gasteiger partial charge in [0.2, 0.25) is 0 Å². The van der Waals surface area contributed by atoms with Gasteiger partial charge in [-0.25, -0.2) is 0 Å². The quantitative estimate of drug-likeness (QED) is 0.462. The zero-order valence-corrected chi connectivity index (χ0v) is 11.6. The van der Waals surface area contributed by atoms with Crippen LogP contribution in [0.1, 0.15) is 5.56 Å². The summed E-state index contributed by atoms with van der Waals surface area (Å²) >= 11 is 0. The SMILES string of the molecule is Cc1ccc(NC(=O)C(=O)N2CCNCC2)cc1[N+](=O)[O-]. The standard InChI is InChI=1S/C13H16N4O4/c1-9-2-3-10(8-11(9)17(20)21)15-12(18)13(19)16-6-4-14-5-7-16/h2-3,8,14H,4-7H2,1H3,(H,15,18). The molecule has 2 rings (SSSR count). The third-order valence-electron chi connectivity index (χ3n) is 3.26. The van der Waals surface area contributed by atoms with E-state index in [1.807, 2.05) is 0 Å². The monoisotopic (exact) mass is 292 g/mol. The van der Waals surface area contributed by atoms with Gasteiger partial charge < -0.3 is 15.5 Å². The summed E-state index contributed by atoms with van der Waals surface area (Å²) in [6.45, 7) is 3.85. The number of anilines is 1. The van der Waals surface area contributed by atoms with Crippen LogP contribution in [0.3, 0.4) is 0 Å². The molecule has 0 atom stereocenters. The molecule has 112 valence electrons. The number of carbonyl (C=O) groups excluding carboxylic acids is 2. The first kappa shape index (κ1) is 14.9. The molecule has 1 aliphatic rings. The average Bonchev–Trinajstić information content (AvgIpc) is 2.49. The van der Waals surface area contributed by atoms with Crippen molar-refractivity contribution in [3.05, 3.63) is 33.9 Å². The zero-order chi connectivity index (χ0) is 15.4. The van der Waals surface area contributed by atoms with Crippen LogP contribution in [0.15, 0.2) is 18.2 Å². The second-order valence-electron chi connectivity index (χ2n) is 4.75. The van der Waals surface area contributed by atoms with Crippen molar-refractivity contribution in [2.45, 2.75) is 6.92 Å². The van der Waals surface area contributed by atoms with E-state index in [9.17, 15) is 19.7 Å². The molecule has 2 amide bonds. The third-order valence-corrected chi connectivity index (χ3v) is 3.26. The summed E-state index contributed by atoms with van der Waals surface area (Å²) in [4.78, 5) is 35.6. The molecule has 0 spiro atoms. The number of piperazine rings is 1. The molecule has 0 radical (unpaired) electrons. The molecular weight excluding hydrogens is 276 g/mol.